The number of nitrogens with zero attached hydrogens (tertiary/aromatic N) is 1. The fourth-order valence-electron chi connectivity index (χ4n) is 3.27. The average molecular weight is 306 g/mol. The van der Waals surface area contributed by atoms with Crippen LogP contribution < -0.4 is 10.1 Å². The standard InChI is InChI=1S/C17H26N2O3/c1-5-22-17(8-6-7-12(2)10-17)16(20)19-14-9-13(3)15(21-4)18-11-14/h9,11-12H,5-8,10H2,1-4H3,(H,19,20). The van der Waals surface area contributed by atoms with Crippen LogP contribution in [0.5, 0.6) is 5.88 Å². The van der Waals surface area contributed by atoms with Gasteiger partial charge in [-0.25, -0.2) is 4.98 Å². The molecule has 2 atom stereocenters. The van der Waals surface area contributed by atoms with Gasteiger partial charge in [0.15, 0.2) is 0 Å². The van der Waals surface area contributed by atoms with Crippen molar-refractivity contribution < 1.29 is 14.3 Å². The summed E-state index contributed by atoms with van der Waals surface area (Å²) in [5, 5.41) is 2.97. The van der Waals surface area contributed by atoms with Crippen LogP contribution in [-0.4, -0.2) is 30.2 Å². The first-order chi connectivity index (χ1) is 10.5. The van der Waals surface area contributed by atoms with Crippen LogP contribution in [0.1, 0.15) is 45.1 Å². The number of rotatable bonds is 5. The highest BCUT2D eigenvalue weighted by molar-refractivity contribution is 5.97. The first-order valence-electron chi connectivity index (χ1n) is 7.97. The molecule has 0 saturated heterocycles. The number of hydrogen-bond acceptors (Lipinski definition) is 4. The van der Waals surface area contributed by atoms with Crippen molar-refractivity contribution in [2.24, 2.45) is 5.92 Å². The van der Waals surface area contributed by atoms with E-state index in [2.05, 4.69) is 17.2 Å². The second kappa shape index (κ2) is 7.09. The lowest BCUT2D eigenvalue weighted by molar-refractivity contribution is -0.147. The van der Waals surface area contributed by atoms with Gasteiger partial charge in [0, 0.05) is 12.2 Å². The van der Waals surface area contributed by atoms with Crippen LogP contribution in [0.3, 0.4) is 0 Å². The molecule has 0 spiro atoms. The molecular weight excluding hydrogens is 280 g/mol. The molecule has 0 bridgehead atoms. The fourth-order valence-corrected chi connectivity index (χ4v) is 3.27. The summed E-state index contributed by atoms with van der Waals surface area (Å²) in [5.74, 6) is 1.01. The zero-order valence-corrected chi connectivity index (χ0v) is 13.9. The lowest BCUT2D eigenvalue weighted by atomic mass is 9.78. The molecule has 1 aliphatic rings. The summed E-state index contributed by atoms with van der Waals surface area (Å²) in [5.41, 5.74) is 0.864. The van der Waals surface area contributed by atoms with Crippen LogP contribution in [0.15, 0.2) is 12.3 Å². The lowest BCUT2D eigenvalue weighted by Gasteiger charge is -2.38. The number of aromatic nitrogens is 1. The Balaban J connectivity index is 2.16. The highest BCUT2D eigenvalue weighted by Crippen LogP contribution is 2.36. The van der Waals surface area contributed by atoms with Crippen molar-refractivity contribution in [1.29, 1.82) is 0 Å². The van der Waals surface area contributed by atoms with E-state index in [1.165, 1.54) is 0 Å². The van der Waals surface area contributed by atoms with Gasteiger partial charge in [-0.05, 0) is 45.1 Å². The third-order valence-electron chi connectivity index (χ3n) is 4.27. The third-order valence-corrected chi connectivity index (χ3v) is 4.27. The molecule has 2 rings (SSSR count). The van der Waals surface area contributed by atoms with Gasteiger partial charge < -0.3 is 14.8 Å². The van der Waals surface area contributed by atoms with E-state index in [-0.39, 0.29) is 5.91 Å². The minimum atomic E-state index is -0.708. The zero-order chi connectivity index (χ0) is 16.2. The van der Waals surface area contributed by atoms with Crippen molar-refractivity contribution >= 4 is 11.6 Å². The Kier molecular flexibility index (Phi) is 5.40. The molecule has 1 aliphatic carbocycles. The SMILES string of the molecule is CCOC1(C(=O)Nc2cnc(OC)c(C)c2)CCCC(C)C1. The van der Waals surface area contributed by atoms with Crippen molar-refractivity contribution in [1.82, 2.24) is 4.98 Å². The molecule has 5 heteroatoms. The van der Waals surface area contributed by atoms with E-state index < -0.39 is 5.60 Å². The van der Waals surface area contributed by atoms with Crippen LogP contribution in [0.25, 0.3) is 0 Å². The Morgan fingerprint density at radius 3 is 2.91 bits per heavy atom. The number of nitrogens with one attached hydrogen (secondary N) is 1. The summed E-state index contributed by atoms with van der Waals surface area (Å²) in [6.07, 6.45) is 5.35. The van der Waals surface area contributed by atoms with Gasteiger partial charge in [0.1, 0.15) is 5.60 Å². The summed E-state index contributed by atoms with van der Waals surface area (Å²) in [7, 11) is 1.58. The molecule has 0 radical (unpaired) electrons. The Morgan fingerprint density at radius 2 is 2.32 bits per heavy atom. The maximum atomic E-state index is 12.8. The maximum Gasteiger partial charge on any atom is 0.256 e. The molecule has 0 aliphatic heterocycles. The monoisotopic (exact) mass is 306 g/mol. The number of pyridine rings is 1. The predicted molar refractivity (Wildman–Crippen MR) is 86.1 cm³/mol. The molecule has 122 valence electrons. The number of carbonyl (C=O) groups excluding carboxylic acids is 1. The summed E-state index contributed by atoms with van der Waals surface area (Å²) < 4.78 is 11.0. The molecule has 1 amide bonds. The largest absolute Gasteiger partial charge is 0.481 e. The van der Waals surface area contributed by atoms with Crippen molar-refractivity contribution in [2.45, 2.75) is 52.1 Å². The van der Waals surface area contributed by atoms with E-state index in [4.69, 9.17) is 9.47 Å². The van der Waals surface area contributed by atoms with E-state index in [0.29, 0.717) is 24.1 Å². The Morgan fingerprint density at radius 1 is 1.55 bits per heavy atom. The van der Waals surface area contributed by atoms with Crippen LogP contribution in [0, 0.1) is 12.8 Å². The molecule has 1 fully saturated rings. The maximum absolute atomic E-state index is 12.8. The first kappa shape index (κ1) is 16.7. The summed E-state index contributed by atoms with van der Waals surface area (Å²) in [6.45, 7) is 6.56. The third kappa shape index (κ3) is 3.58. The van der Waals surface area contributed by atoms with Crippen molar-refractivity contribution in [3.63, 3.8) is 0 Å². The van der Waals surface area contributed by atoms with E-state index in [9.17, 15) is 4.79 Å². The number of hydrogen-bond donors (Lipinski definition) is 1. The highest BCUT2D eigenvalue weighted by Gasteiger charge is 2.42. The molecular formula is C17H26N2O3. The first-order valence-corrected chi connectivity index (χ1v) is 7.97. The van der Waals surface area contributed by atoms with Crippen molar-refractivity contribution in [2.75, 3.05) is 19.0 Å². The van der Waals surface area contributed by atoms with Crippen LogP contribution >= 0.6 is 0 Å². The normalized spacial score (nSPS) is 24.8. The number of methoxy groups -OCH3 is 1. The van der Waals surface area contributed by atoms with Gasteiger partial charge in [-0.2, -0.15) is 0 Å². The molecule has 1 N–H and O–H groups in total. The quantitative estimate of drug-likeness (QED) is 0.906. The number of carbonyl (C=O) groups is 1. The second-order valence-electron chi connectivity index (χ2n) is 6.13. The lowest BCUT2D eigenvalue weighted by Crippen LogP contribution is -2.48. The van der Waals surface area contributed by atoms with E-state index in [0.717, 1.165) is 31.2 Å². The molecule has 1 aromatic rings. The molecule has 5 nitrogen and oxygen atoms in total. The molecule has 1 saturated carbocycles. The Hall–Kier alpha value is -1.62. The van der Waals surface area contributed by atoms with Gasteiger partial charge in [0.05, 0.1) is 19.0 Å². The Bertz CT molecular complexity index is 529. The molecule has 1 aromatic heterocycles. The van der Waals surface area contributed by atoms with Gasteiger partial charge >= 0.3 is 0 Å². The van der Waals surface area contributed by atoms with Crippen LogP contribution in [0.4, 0.5) is 5.69 Å². The van der Waals surface area contributed by atoms with Crippen molar-refractivity contribution in [3.8, 4) is 5.88 Å². The molecule has 1 heterocycles. The average Bonchev–Trinajstić information content (AvgIpc) is 2.47. The minimum absolute atomic E-state index is 0.0627. The molecule has 0 aromatic carbocycles. The highest BCUT2D eigenvalue weighted by atomic mass is 16.5. The smallest absolute Gasteiger partial charge is 0.256 e. The topological polar surface area (TPSA) is 60.5 Å². The van der Waals surface area contributed by atoms with Crippen molar-refractivity contribution in [3.05, 3.63) is 17.8 Å². The second-order valence-corrected chi connectivity index (χ2v) is 6.13. The van der Waals surface area contributed by atoms with Gasteiger partial charge in [0.25, 0.3) is 5.91 Å². The Labute approximate surface area is 132 Å². The molecule has 22 heavy (non-hydrogen) atoms. The summed E-state index contributed by atoms with van der Waals surface area (Å²) in [4.78, 5) is 17.0. The van der Waals surface area contributed by atoms with E-state index >= 15 is 0 Å². The molecule has 2 unspecified atom stereocenters. The fraction of sp³-hybridized carbons (Fsp3) is 0.647. The predicted octanol–water partition coefficient (Wildman–Crippen LogP) is 3.32. The zero-order valence-electron chi connectivity index (χ0n) is 13.9. The van der Waals surface area contributed by atoms with Crippen LogP contribution in [-0.2, 0) is 9.53 Å². The van der Waals surface area contributed by atoms with Crippen LogP contribution in [0.2, 0.25) is 0 Å². The number of aryl methyl sites for hydroxylation is 1. The minimum Gasteiger partial charge on any atom is -0.481 e. The van der Waals surface area contributed by atoms with Gasteiger partial charge in [0.2, 0.25) is 5.88 Å². The van der Waals surface area contributed by atoms with E-state index in [1.54, 1.807) is 13.3 Å². The number of amides is 1. The van der Waals surface area contributed by atoms with Gasteiger partial charge in [-0.15, -0.1) is 0 Å². The summed E-state index contributed by atoms with van der Waals surface area (Å²) >= 11 is 0. The number of anilines is 1. The summed E-state index contributed by atoms with van der Waals surface area (Å²) in [6, 6.07) is 1.87. The van der Waals surface area contributed by atoms with Gasteiger partial charge in [-0.3, -0.25) is 4.79 Å². The number of ether oxygens (including phenoxy) is 2. The van der Waals surface area contributed by atoms with Gasteiger partial charge in [-0.1, -0.05) is 13.3 Å². The van der Waals surface area contributed by atoms with E-state index in [1.807, 2.05) is 19.9 Å².